The van der Waals surface area contributed by atoms with Crippen molar-refractivity contribution in [3.63, 3.8) is 0 Å². The zero-order chi connectivity index (χ0) is 20.9. The first-order valence-electron chi connectivity index (χ1n) is 9.35. The third kappa shape index (κ3) is 4.27. The first-order valence-corrected chi connectivity index (χ1v) is 10.7. The quantitative estimate of drug-likeness (QED) is 0.257. The molecular formula is C24H19ClN2O2S. The summed E-state index contributed by atoms with van der Waals surface area (Å²) >= 11 is 7.85. The molecule has 0 spiro atoms. The van der Waals surface area contributed by atoms with Crippen molar-refractivity contribution < 1.29 is 9.53 Å². The molecule has 0 saturated carbocycles. The number of para-hydroxylation sites is 1. The number of methoxy groups -OCH3 is 1. The van der Waals surface area contributed by atoms with Gasteiger partial charge in [-0.05, 0) is 42.5 Å². The van der Waals surface area contributed by atoms with Crippen LogP contribution in [0, 0.1) is 0 Å². The highest BCUT2D eigenvalue weighted by atomic mass is 35.5. The lowest BCUT2D eigenvalue weighted by Crippen LogP contribution is -2.05. The van der Waals surface area contributed by atoms with Gasteiger partial charge in [-0.3, -0.25) is 9.36 Å². The van der Waals surface area contributed by atoms with Crippen LogP contribution in [-0.2, 0) is 0 Å². The van der Waals surface area contributed by atoms with Gasteiger partial charge in [-0.15, -0.1) is 0 Å². The minimum Gasteiger partial charge on any atom is -0.497 e. The SMILES string of the molecule is COc1ccc(C(=O)CSc2ncc(-c3ccccc3Cl)n2-c2ccccc2)cc1. The Bertz CT molecular complexity index is 1160. The van der Waals surface area contributed by atoms with E-state index in [9.17, 15) is 4.79 Å². The van der Waals surface area contributed by atoms with Gasteiger partial charge in [0, 0.05) is 21.8 Å². The van der Waals surface area contributed by atoms with E-state index in [1.807, 2.05) is 59.2 Å². The fourth-order valence-electron chi connectivity index (χ4n) is 3.11. The van der Waals surface area contributed by atoms with Gasteiger partial charge in [0.25, 0.3) is 0 Å². The molecule has 0 atom stereocenters. The van der Waals surface area contributed by atoms with Crippen LogP contribution in [0.3, 0.4) is 0 Å². The van der Waals surface area contributed by atoms with Gasteiger partial charge in [0.2, 0.25) is 0 Å². The van der Waals surface area contributed by atoms with Gasteiger partial charge >= 0.3 is 0 Å². The van der Waals surface area contributed by atoms with Crippen molar-refractivity contribution >= 4 is 29.1 Å². The molecule has 0 aliphatic heterocycles. The zero-order valence-electron chi connectivity index (χ0n) is 16.3. The number of Topliss-reactive ketones (excluding diaryl/α,β-unsaturated/α-hetero) is 1. The maximum Gasteiger partial charge on any atom is 0.173 e. The number of halogens is 1. The molecule has 6 heteroatoms. The number of thioether (sulfide) groups is 1. The molecule has 4 rings (SSSR count). The van der Waals surface area contributed by atoms with Crippen LogP contribution in [-0.4, -0.2) is 28.2 Å². The number of benzene rings is 3. The summed E-state index contributed by atoms with van der Waals surface area (Å²) in [5, 5.41) is 1.39. The van der Waals surface area contributed by atoms with E-state index in [-0.39, 0.29) is 11.5 Å². The third-order valence-electron chi connectivity index (χ3n) is 4.64. The van der Waals surface area contributed by atoms with E-state index in [0.717, 1.165) is 27.9 Å². The Morgan fingerprint density at radius 1 is 1.00 bits per heavy atom. The Balaban J connectivity index is 1.65. The summed E-state index contributed by atoms with van der Waals surface area (Å²) in [6, 6.07) is 24.8. The fourth-order valence-corrected chi connectivity index (χ4v) is 4.23. The van der Waals surface area contributed by atoms with E-state index in [0.29, 0.717) is 10.6 Å². The van der Waals surface area contributed by atoms with E-state index < -0.39 is 0 Å². The third-order valence-corrected chi connectivity index (χ3v) is 5.92. The molecule has 150 valence electrons. The number of nitrogens with zero attached hydrogens (tertiary/aromatic N) is 2. The lowest BCUT2D eigenvalue weighted by atomic mass is 10.1. The Labute approximate surface area is 184 Å². The van der Waals surface area contributed by atoms with E-state index in [1.165, 1.54) is 11.8 Å². The van der Waals surface area contributed by atoms with Gasteiger partial charge < -0.3 is 4.74 Å². The maximum absolute atomic E-state index is 12.7. The van der Waals surface area contributed by atoms with Gasteiger partial charge in [0.05, 0.1) is 24.8 Å². The summed E-state index contributed by atoms with van der Waals surface area (Å²) in [5.74, 6) is 1.03. The van der Waals surface area contributed by atoms with Crippen molar-refractivity contribution in [2.24, 2.45) is 0 Å². The Kier molecular flexibility index (Phi) is 6.21. The van der Waals surface area contributed by atoms with Crippen molar-refractivity contribution in [3.05, 3.63) is 95.6 Å². The normalized spacial score (nSPS) is 10.7. The highest BCUT2D eigenvalue weighted by molar-refractivity contribution is 7.99. The summed E-state index contributed by atoms with van der Waals surface area (Å²) in [5.41, 5.74) is 3.38. The van der Waals surface area contributed by atoms with Crippen LogP contribution in [0.1, 0.15) is 10.4 Å². The summed E-state index contributed by atoms with van der Waals surface area (Å²) < 4.78 is 7.19. The summed E-state index contributed by atoms with van der Waals surface area (Å²) in [6.45, 7) is 0. The van der Waals surface area contributed by atoms with E-state index in [2.05, 4.69) is 4.98 Å². The first-order chi connectivity index (χ1) is 14.7. The molecule has 0 radical (unpaired) electrons. The second kappa shape index (κ2) is 9.20. The highest BCUT2D eigenvalue weighted by Crippen LogP contribution is 2.33. The molecule has 0 saturated heterocycles. The molecule has 0 N–H and O–H groups in total. The Morgan fingerprint density at radius 2 is 1.70 bits per heavy atom. The lowest BCUT2D eigenvalue weighted by molar-refractivity contribution is 0.102. The molecule has 0 aliphatic carbocycles. The maximum atomic E-state index is 12.7. The van der Waals surface area contributed by atoms with E-state index in [1.54, 1.807) is 37.6 Å². The number of hydrogen-bond acceptors (Lipinski definition) is 4. The second-order valence-electron chi connectivity index (χ2n) is 6.52. The molecule has 1 heterocycles. The van der Waals surface area contributed by atoms with Crippen LogP contribution in [0.2, 0.25) is 5.02 Å². The van der Waals surface area contributed by atoms with Crippen molar-refractivity contribution in [1.82, 2.24) is 9.55 Å². The number of aromatic nitrogens is 2. The van der Waals surface area contributed by atoms with Gasteiger partial charge in [0.15, 0.2) is 10.9 Å². The van der Waals surface area contributed by atoms with Crippen LogP contribution in [0.5, 0.6) is 5.75 Å². The van der Waals surface area contributed by atoms with Crippen molar-refractivity contribution in [2.75, 3.05) is 12.9 Å². The summed E-state index contributed by atoms with van der Waals surface area (Å²) in [6.07, 6.45) is 1.80. The predicted octanol–water partition coefficient (Wildman–Crippen LogP) is 6.18. The number of carbonyl (C=O) groups excluding carboxylic acids is 1. The number of rotatable bonds is 7. The number of ether oxygens (including phenoxy) is 1. The van der Waals surface area contributed by atoms with Crippen molar-refractivity contribution in [1.29, 1.82) is 0 Å². The van der Waals surface area contributed by atoms with Crippen molar-refractivity contribution in [2.45, 2.75) is 5.16 Å². The average Bonchev–Trinajstić information content (AvgIpc) is 3.22. The zero-order valence-corrected chi connectivity index (χ0v) is 17.9. The minimum absolute atomic E-state index is 0.0320. The molecule has 0 bridgehead atoms. The monoisotopic (exact) mass is 434 g/mol. The van der Waals surface area contributed by atoms with Crippen LogP contribution in [0.25, 0.3) is 16.9 Å². The highest BCUT2D eigenvalue weighted by Gasteiger charge is 2.17. The summed E-state index contributed by atoms with van der Waals surface area (Å²) in [4.78, 5) is 17.3. The minimum atomic E-state index is 0.0320. The summed E-state index contributed by atoms with van der Waals surface area (Å²) in [7, 11) is 1.60. The predicted molar refractivity (Wildman–Crippen MR) is 122 cm³/mol. The first kappa shape index (κ1) is 20.3. The molecule has 1 aromatic heterocycles. The molecule has 4 aromatic rings. The van der Waals surface area contributed by atoms with E-state index in [4.69, 9.17) is 16.3 Å². The van der Waals surface area contributed by atoms with Gasteiger partial charge in [0.1, 0.15) is 5.75 Å². The Morgan fingerprint density at radius 3 is 2.40 bits per heavy atom. The van der Waals surface area contributed by atoms with Gasteiger partial charge in [-0.2, -0.15) is 0 Å². The lowest BCUT2D eigenvalue weighted by Gasteiger charge is -2.13. The van der Waals surface area contributed by atoms with Gasteiger partial charge in [-0.25, -0.2) is 4.98 Å². The number of hydrogen-bond donors (Lipinski definition) is 0. The topological polar surface area (TPSA) is 44.1 Å². The number of ketones is 1. The average molecular weight is 435 g/mol. The van der Waals surface area contributed by atoms with Crippen LogP contribution < -0.4 is 4.74 Å². The standard InChI is InChI=1S/C24H19ClN2O2S/c1-29-19-13-11-17(12-14-19)23(28)16-30-24-26-15-22(20-9-5-6-10-21(20)25)27(24)18-7-3-2-4-8-18/h2-15H,16H2,1H3. The Hall–Kier alpha value is -3.02. The smallest absolute Gasteiger partial charge is 0.173 e. The van der Waals surface area contributed by atoms with E-state index >= 15 is 0 Å². The van der Waals surface area contributed by atoms with Crippen LogP contribution in [0.15, 0.2) is 90.2 Å². The molecule has 4 nitrogen and oxygen atoms in total. The molecule has 0 unspecified atom stereocenters. The number of imidazole rings is 1. The number of carbonyl (C=O) groups is 1. The van der Waals surface area contributed by atoms with Gasteiger partial charge in [-0.1, -0.05) is 59.8 Å². The molecule has 3 aromatic carbocycles. The molecular weight excluding hydrogens is 416 g/mol. The molecule has 0 aliphatic rings. The fraction of sp³-hybridized carbons (Fsp3) is 0.0833. The molecule has 30 heavy (non-hydrogen) atoms. The van der Waals surface area contributed by atoms with Crippen molar-refractivity contribution in [3.8, 4) is 22.7 Å². The molecule has 0 fully saturated rings. The van der Waals surface area contributed by atoms with Crippen LogP contribution >= 0.6 is 23.4 Å². The second-order valence-corrected chi connectivity index (χ2v) is 7.87. The van der Waals surface area contributed by atoms with Crippen LogP contribution in [0.4, 0.5) is 0 Å². The largest absolute Gasteiger partial charge is 0.497 e. The molecule has 0 amide bonds.